The fraction of sp³-hybridized carbons (Fsp3) is 0.769. The molecular weight excluding hydrogens is 228 g/mol. The van der Waals surface area contributed by atoms with Crippen molar-refractivity contribution in [2.24, 2.45) is 7.05 Å². The zero-order chi connectivity index (χ0) is 13.1. The van der Waals surface area contributed by atoms with Crippen molar-refractivity contribution < 1.29 is 4.74 Å². The standard InChI is InChI=1S/C13H24N4O/c1-4-5-11-12(14)13(17(2)16-11)15-9-6-7-10(8-9)18-3/h9-10,15H,4-8,14H2,1-3H3. The number of nitrogens with two attached hydrogens (primary N) is 1. The lowest BCUT2D eigenvalue weighted by atomic mass is 10.2. The molecule has 3 N–H and O–H groups in total. The number of anilines is 2. The molecule has 1 aliphatic rings. The molecule has 18 heavy (non-hydrogen) atoms. The van der Waals surface area contributed by atoms with Gasteiger partial charge in [-0.3, -0.25) is 4.68 Å². The summed E-state index contributed by atoms with van der Waals surface area (Å²) in [5.74, 6) is 0.959. The molecule has 0 saturated heterocycles. The number of rotatable bonds is 5. The summed E-state index contributed by atoms with van der Waals surface area (Å²) < 4.78 is 7.25. The van der Waals surface area contributed by atoms with E-state index >= 15 is 0 Å². The van der Waals surface area contributed by atoms with Crippen LogP contribution in [0.15, 0.2) is 0 Å². The van der Waals surface area contributed by atoms with Gasteiger partial charge in [0, 0.05) is 20.2 Å². The van der Waals surface area contributed by atoms with E-state index in [-0.39, 0.29) is 0 Å². The van der Waals surface area contributed by atoms with Gasteiger partial charge in [-0.05, 0) is 25.7 Å². The van der Waals surface area contributed by atoms with Crippen LogP contribution in [0.3, 0.4) is 0 Å². The number of nitrogens with zero attached hydrogens (tertiary/aromatic N) is 2. The zero-order valence-electron chi connectivity index (χ0n) is 11.6. The van der Waals surface area contributed by atoms with Gasteiger partial charge in [-0.2, -0.15) is 5.10 Å². The number of hydrogen-bond acceptors (Lipinski definition) is 4. The molecule has 1 fully saturated rings. The average molecular weight is 252 g/mol. The van der Waals surface area contributed by atoms with Crippen molar-refractivity contribution in [1.29, 1.82) is 0 Å². The highest BCUT2D eigenvalue weighted by Crippen LogP contribution is 2.29. The Morgan fingerprint density at radius 3 is 2.89 bits per heavy atom. The molecule has 0 amide bonds. The summed E-state index contributed by atoms with van der Waals surface area (Å²) in [5, 5.41) is 8.00. The lowest BCUT2D eigenvalue weighted by Gasteiger charge is -2.15. The third-order valence-electron chi connectivity index (χ3n) is 3.71. The number of methoxy groups -OCH3 is 1. The number of aryl methyl sites for hydroxylation is 2. The molecular formula is C13H24N4O. The van der Waals surface area contributed by atoms with Crippen molar-refractivity contribution in [1.82, 2.24) is 9.78 Å². The molecule has 1 heterocycles. The van der Waals surface area contributed by atoms with Crippen molar-refractivity contribution in [3.8, 4) is 0 Å². The molecule has 5 heteroatoms. The summed E-state index contributed by atoms with van der Waals surface area (Å²) in [5.41, 5.74) is 7.97. The highest BCUT2D eigenvalue weighted by molar-refractivity contribution is 5.65. The predicted molar refractivity (Wildman–Crippen MR) is 73.7 cm³/mol. The van der Waals surface area contributed by atoms with Crippen LogP contribution in [0, 0.1) is 0 Å². The summed E-state index contributed by atoms with van der Waals surface area (Å²) in [6, 6.07) is 0.446. The summed E-state index contributed by atoms with van der Waals surface area (Å²) in [6.45, 7) is 2.14. The SMILES string of the molecule is CCCc1nn(C)c(NC2CCC(OC)C2)c1N. The van der Waals surface area contributed by atoms with Crippen LogP contribution in [0.25, 0.3) is 0 Å². The maximum atomic E-state index is 6.16. The van der Waals surface area contributed by atoms with Gasteiger partial charge in [0.05, 0.1) is 17.5 Å². The molecule has 0 aliphatic heterocycles. The molecule has 0 radical (unpaired) electrons. The highest BCUT2D eigenvalue weighted by atomic mass is 16.5. The third kappa shape index (κ3) is 2.61. The maximum Gasteiger partial charge on any atom is 0.147 e. The van der Waals surface area contributed by atoms with Crippen molar-refractivity contribution >= 4 is 11.5 Å². The van der Waals surface area contributed by atoms with E-state index in [1.165, 1.54) is 0 Å². The van der Waals surface area contributed by atoms with E-state index in [1.807, 2.05) is 11.7 Å². The van der Waals surface area contributed by atoms with E-state index in [2.05, 4.69) is 17.3 Å². The van der Waals surface area contributed by atoms with Gasteiger partial charge < -0.3 is 15.8 Å². The van der Waals surface area contributed by atoms with E-state index in [9.17, 15) is 0 Å². The van der Waals surface area contributed by atoms with Crippen LogP contribution in [-0.4, -0.2) is 29.0 Å². The normalized spacial score (nSPS) is 23.5. The van der Waals surface area contributed by atoms with E-state index in [4.69, 9.17) is 10.5 Å². The molecule has 2 atom stereocenters. The number of nitrogens with one attached hydrogen (secondary N) is 1. The molecule has 5 nitrogen and oxygen atoms in total. The highest BCUT2D eigenvalue weighted by Gasteiger charge is 2.26. The van der Waals surface area contributed by atoms with Gasteiger partial charge >= 0.3 is 0 Å². The van der Waals surface area contributed by atoms with Crippen molar-refractivity contribution in [3.63, 3.8) is 0 Å². The first-order valence-corrected chi connectivity index (χ1v) is 6.76. The van der Waals surface area contributed by atoms with Crippen LogP contribution in [-0.2, 0) is 18.2 Å². The molecule has 1 aromatic rings. The van der Waals surface area contributed by atoms with Crippen molar-refractivity contribution in [2.75, 3.05) is 18.2 Å². The third-order valence-corrected chi connectivity index (χ3v) is 3.71. The summed E-state index contributed by atoms with van der Waals surface area (Å²) in [6.07, 6.45) is 5.68. The van der Waals surface area contributed by atoms with Crippen LogP contribution in [0.4, 0.5) is 11.5 Å². The first-order chi connectivity index (χ1) is 8.65. The summed E-state index contributed by atoms with van der Waals surface area (Å²) >= 11 is 0. The van der Waals surface area contributed by atoms with Gasteiger partial charge in [-0.15, -0.1) is 0 Å². The first-order valence-electron chi connectivity index (χ1n) is 6.76. The van der Waals surface area contributed by atoms with Crippen LogP contribution in [0.1, 0.15) is 38.3 Å². The van der Waals surface area contributed by atoms with E-state index < -0.39 is 0 Å². The second kappa shape index (κ2) is 5.61. The Balaban J connectivity index is 2.05. The van der Waals surface area contributed by atoms with Gasteiger partial charge in [0.2, 0.25) is 0 Å². The first kappa shape index (κ1) is 13.2. The van der Waals surface area contributed by atoms with Crippen LogP contribution in [0.5, 0.6) is 0 Å². The van der Waals surface area contributed by atoms with Gasteiger partial charge in [0.15, 0.2) is 0 Å². The number of ether oxygens (including phenoxy) is 1. The molecule has 102 valence electrons. The number of hydrogen-bond donors (Lipinski definition) is 2. The summed E-state index contributed by atoms with van der Waals surface area (Å²) in [4.78, 5) is 0. The molecule has 1 saturated carbocycles. The Morgan fingerprint density at radius 2 is 2.28 bits per heavy atom. The quantitative estimate of drug-likeness (QED) is 0.840. The predicted octanol–water partition coefficient (Wildman–Crippen LogP) is 1.93. The molecule has 2 unspecified atom stereocenters. The lowest BCUT2D eigenvalue weighted by molar-refractivity contribution is 0.108. The molecule has 1 aromatic heterocycles. The molecule has 0 aromatic carbocycles. The minimum Gasteiger partial charge on any atom is -0.394 e. The Labute approximate surface area is 109 Å². The van der Waals surface area contributed by atoms with Gasteiger partial charge in [-0.25, -0.2) is 0 Å². The lowest BCUT2D eigenvalue weighted by Crippen LogP contribution is -2.19. The Morgan fingerprint density at radius 1 is 1.50 bits per heavy atom. The maximum absolute atomic E-state index is 6.16. The monoisotopic (exact) mass is 252 g/mol. The average Bonchev–Trinajstić information content (AvgIpc) is 2.91. The van der Waals surface area contributed by atoms with Crippen LogP contribution in [0.2, 0.25) is 0 Å². The Kier molecular flexibility index (Phi) is 4.11. The van der Waals surface area contributed by atoms with Crippen molar-refractivity contribution in [3.05, 3.63) is 5.69 Å². The second-order valence-electron chi connectivity index (χ2n) is 5.09. The molecule has 2 rings (SSSR count). The summed E-state index contributed by atoms with van der Waals surface area (Å²) in [7, 11) is 3.73. The number of aromatic nitrogens is 2. The zero-order valence-corrected chi connectivity index (χ0v) is 11.6. The van der Waals surface area contributed by atoms with E-state index in [1.54, 1.807) is 7.11 Å². The molecule has 1 aliphatic carbocycles. The van der Waals surface area contributed by atoms with Gasteiger partial charge in [-0.1, -0.05) is 13.3 Å². The van der Waals surface area contributed by atoms with Crippen molar-refractivity contribution in [2.45, 2.75) is 51.2 Å². The number of nitrogen functional groups attached to an aromatic ring is 1. The van der Waals surface area contributed by atoms with Gasteiger partial charge in [0.1, 0.15) is 5.82 Å². The fourth-order valence-electron chi connectivity index (χ4n) is 2.67. The minimum atomic E-state index is 0.382. The largest absolute Gasteiger partial charge is 0.394 e. The van der Waals surface area contributed by atoms with E-state index in [0.29, 0.717) is 12.1 Å². The Bertz CT molecular complexity index is 402. The second-order valence-corrected chi connectivity index (χ2v) is 5.09. The smallest absolute Gasteiger partial charge is 0.147 e. The van der Waals surface area contributed by atoms with Crippen LogP contribution >= 0.6 is 0 Å². The van der Waals surface area contributed by atoms with E-state index in [0.717, 1.165) is 49.3 Å². The van der Waals surface area contributed by atoms with Crippen LogP contribution < -0.4 is 11.1 Å². The molecule has 0 spiro atoms. The minimum absolute atomic E-state index is 0.382. The Hall–Kier alpha value is -1.23. The topological polar surface area (TPSA) is 65.1 Å². The van der Waals surface area contributed by atoms with Gasteiger partial charge in [0.25, 0.3) is 0 Å². The molecule has 0 bridgehead atoms. The fourth-order valence-corrected chi connectivity index (χ4v) is 2.67.